The first kappa shape index (κ1) is 14.9. The minimum absolute atomic E-state index is 0.162. The summed E-state index contributed by atoms with van der Waals surface area (Å²) in [4.78, 5) is 0. The van der Waals surface area contributed by atoms with Gasteiger partial charge in [0.25, 0.3) is 0 Å². The lowest BCUT2D eigenvalue weighted by Crippen LogP contribution is -2.39. The highest BCUT2D eigenvalue weighted by Gasteiger charge is 2.44. The number of hydrogen-bond acceptors (Lipinski definition) is 2. The van der Waals surface area contributed by atoms with Crippen molar-refractivity contribution in [2.75, 3.05) is 13.2 Å². The number of hydrogen-bond donors (Lipinski definition) is 0. The SMILES string of the molecule is Fc1ccc(C2COC3(CCC(c4ccccc4)OC3)C2)cc1. The van der Waals surface area contributed by atoms with Gasteiger partial charge in [-0.15, -0.1) is 0 Å². The minimum atomic E-state index is -0.186. The van der Waals surface area contributed by atoms with Gasteiger partial charge >= 0.3 is 0 Å². The number of rotatable bonds is 2. The first-order chi connectivity index (χ1) is 11.2. The summed E-state index contributed by atoms with van der Waals surface area (Å²) in [6.45, 7) is 1.34. The zero-order chi connectivity index (χ0) is 15.7. The summed E-state index contributed by atoms with van der Waals surface area (Å²) in [5.41, 5.74) is 2.24. The van der Waals surface area contributed by atoms with E-state index in [1.165, 1.54) is 17.7 Å². The Bertz CT molecular complexity index is 645. The molecule has 2 aliphatic heterocycles. The molecule has 0 aliphatic carbocycles. The number of halogens is 1. The van der Waals surface area contributed by atoms with Gasteiger partial charge in [-0.3, -0.25) is 0 Å². The fraction of sp³-hybridized carbons (Fsp3) is 0.400. The first-order valence-corrected chi connectivity index (χ1v) is 8.30. The van der Waals surface area contributed by atoms with Crippen molar-refractivity contribution in [3.05, 3.63) is 71.5 Å². The molecule has 3 heteroatoms. The largest absolute Gasteiger partial charge is 0.372 e. The average Bonchev–Trinajstić information content (AvgIpc) is 3.01. The summed E-state index contributed by atoms with van der Waals surface area (Å²) in [6, 6.07) is 17.2. The smallest absolute Gasteiger partial charge is 0.123 e. The van der Waals surface area contributed by atoms with Gasteiger partial charge in [0.1, 0.15) is 5.82 Å². The Balaban J connectivity index is 1.41. The normalized spacial score (nSPS) is 30.7. The maximum absolute atomic E-state index is 13.1. The van der Waals surface area contributed by atoms with Crippen LogP contribution in [0.2, 0.25) is 0 Å². The fourth-order valence-electron chi connectivity index (χ4n) is 3.80. The van der Waals surface area contributed by atoms with Crippen LogP contribution in [0.4, 0.5) is 4.39 Å². The van der Waals surface area contributed by atoms with Crippen LogP contribution in [-0.2, 0) is 9.47 Å². The highest BCUT2D eigenvalue weighted by molar-refractivity contribution is 5.23. The molecule has 4 rings (SSSR count). The van der Waals surface area contributed by atoms with E-state index in [0.717, 1.165) is 24.8 Å². The summed E-state index contributed by atoms with van der Waals surface area (Å²) in [6.07, 6.45) is 3.14. The molecule has 3 unspecified atom stereocenters. The van der Waals surface area contributed by atoms with Gasteiger partial charge in [0.2, 0.25) is 0 Å². The number of ether oxygens (including phenoxy) is 2. The summed E-state index contributed by atoms with van der Waals surface area (Å²) in [7, 11) is 0. The van der Waals surface area contributed by atoms with E-state index in [-0.39, 0.29) is 17.5 Å². The van der Waals surface area contributed by atoms with Crippen molar-refractivity contribution >= 4 is 0 Å². The molecule has 120 valence electrons. The molecule has 2 heterocycles. The van der Waals surface area contributed by atoms with Crippen LogP contribution >= 0.6 is 0 Å². The second-order valence-corrected chi connectivity index (χ2v) is 6.70. The monoisotopic (exact) mass is 312 g/mol. The molecule has 2 aromatic carbocycles. The third-order valence-electron chi connectivity index (χ3n) is 5.13. The van der Waals surface area contributed by atoms with Crippen LogP contribution in [0, 0.1) is 5.82 Å². The van der Waals surface area contributed by atoms with Gasteiger partial charge in [-0.25, -0.2) is 4.39 Å². The topological polar surface area (TPSA) is 18.5 Å². The van der Waals surface area contributed by atoms with Crippen molar-refractivity contribution < 1.29 is 13.9 Å². The van der Waals surface area contributed by atoms with E-state index in [9.17, 15) is 4.39 Å². The minimum Gasteiger partial charge on any atom is -0.372 e. The Morgan fingerprint density at radius 3 is 2.43 bits per heavy atom. The van der Waals surface area contributed by atoms with Crippen LogP contribution in [0.25, 0.3) is 0 Å². The van der Waals surface area contributed by atoms with Crippen LogP contribution in [0.15, 0.2) is 54.6 Å². The van der Waals surface area contributed by atoms with E-state index in [1.54, 1.807) is 0 Å². The van der Waals surface area contributed by atoms with Gasteiger partial charge in [0, 0.05) is 5.92 Å². The highest BCUT2D eigenvalue weighted by Crippen LogP contribution is 2.44. The van der Waals surface area contributed by atoms with Gasteiger partial charge < -0.3 is 9.47 Å². The Labute approximate surface area is 136 Å². The molecule has 0 N–H and O–H groups in total. The fourth-order valence-corrected chi connectivity index (χ4v) is 3.80. The Hall–Kier alpha value is -1.71. The summed E-state index contributed by atoms with van der Waals surface area (Å²) in [5, 5.41) is 0. The summed E-state index contributed by atoms with van der Waals surface area (Å²) < 4.78 is 25.3. The molecule has 2 nitrogen and oxygen atoms in total. The highest BCUT2D eigenvalue weighted by atomic mass is 19.1. The van der Waals surface area contributed by atoms with Crippen LogP contribution in [0.3, 0.4) is 0 Å². The van der Waals surface area contributed by atoms with Crippen LogP contribution in [0.1, 0.15) is 42.4 Å². The van der Waals surface area contributed by atoms with Crippen molar-refractivity contribution in [3.63, 3.8) is 0 Å². The van der Waals surface area contributed by atoms with Crippen molar-refractivity contribution in [1.29, 1.82) is 0 Å². The van der Waals surface area contributed by atoms with E-state index in [2.05, 4.69) is 24.3 Å². The maximum atomic E-state index is 13.1. The van der Waals surface area contributed by atoms with E-state index >= 15 is 0 Å². The third-order valence-corrected chi connectivity index (χ3v) is 5.13. The zero-order valence-corrected chi connectivity index (χ0v) is 13.1. The molecule has 2 saturated heterocycles. The molecule has 0 radical (unpaired) electrons. The van der Waals surface area contributed by atoms with E-state index in [0.29, 0.717) is 19.1 Å². The van der Waals surface area contributed by atoms with Crippen molar-refractivity contribution in [3.8, 4) is 0 Å². The second-order valence-electron chi connectivity index (χ2n) is 6.70. The molecule has 0 saturated carbocycles. The predicted octanol–water partition coefficient (Wildman–Crippen LogP) is 4.62. The van der Waals surface area contributed by atoms with Crippen LogP contribution in [-0.4, -0.2) is 18.8 Å². The molecule has 23 heavy (non-hydrogen) atoms. The molecule has 2 aliphatic rings. The first-order valence-electron chi connectivity index (χ1n) is 8.30. The number of benzene rings is 2. The van der Waals surface area contributed by atoms with E-state index < -0.39 is 0 Å². The van der Waals surface area contributed by atoms with Crippen LogP contribution < -0.4 is 0 Å². The van der Waals surface area contributed by atoms with Gasteiger partial charge in [-0.05, 0) is 42.5 Å². The molecule has 0 amide bonds. The third kappa shape index (κ3) is 3.04. The molecule has 2 fully saturated rings. The maximum Gasteiger partial charge on any atom is 0.123 e. The lowest BCUT2D eigenvalue weighted by atomic mass is 9.84. The van der Waals surface area contributed by atoms with Crippen molar-refractivity contribution in [2.45, 2.75) is 36.9 Å². The van der Waals surface area contributed by atoms with Crippen molar-refractivity contribution in [1.82, 2.24) is 0 Å². The van der Waals surface area contributed by atoms with Crippen LogP contribution in [0.5, 0.6) is 0 Å². The molecule has 2 aromatic rings. The predicted molar refractivity (Wildman–Crippen MR) is 86.8 cm³/mol. The van der Waals surface area contributed by atoms with Gasteiger partial charge in [-0.2, -0.15) is 0 Å². The van der Waals surface area contributed by atoms with Crippen molar-refractivity contribution in [2.24, 2.45) is 0 Å². The van der Waals surface area contributed by atoms with Gasteiger partial charge in [0.05, 0.1) is 24.9 Å². The molecular weight excluding hydrogens is 291 g/mol. The Morgan fingerprint density at radius 1 is 0.957 bits per heavy atom. The Kier molecular flexibility index (Phi) is 3.92. The van der Waals surface area contributed by atoms with Gasteiger partial charge in [0.15, 0.2) is 0 Å². The Morgan fingerprint density at radius 2 is 1.74 bits per heavy atom. The quantitative estimate of drug-likeness (QED) is 0.805. The van der Waals surface area contributed by atoms with Gasteiger partial charge in [-0.1, -0.05) is 42.5 Å². The molecule has 0 aromatic heterocycles. The lowest BCUT2D eigenvalue weighted by Gasteiger charge is -2.36. The molecular formula is C20H21FO2. The second kappa shape index (κ2) is 6.06. The van der Waals surface area contributed by atoms with E-state index in [4.69, 9.17) is 9.47 Å². The van der Waals surface area contributed by atoms with E-state index in [1.807, 2.05) is 18.2 Å². The lowest BCUT2D eigenvalue weighted by molar-refractivity contribution is -0.129. The summed E-state index contributed by atoms with van der Waals surface area (Å²) >= 11 is 0. The molecule has 3 atom stereocenters. The standard InChI is InChI=1S/C20H21FO2/c21-18-8-6-15(7-9-18)17-12-20(23-13-17)11-10-19(22-14-20)16-4-2-1-3-5-16/h1-9,17,19H,10-14H2. The average molecular weight is 312 g/mol. The molecule has 1 spiro atoms. The zero-order valence-electron chi connectivity index (χ0n) is 13.1. The summed E-state index contributed by atoms with van der Waals surface area (Å²) in [5.74, 6) is 0.154. The molecule has 0 bridgehead atoms.